The van der Waals surface area contributed by atoms with E-state index in [2.05, 4.69) is 18.2 Å². The van der Waals surface area contributed by atoms with Crippen LogP contribution in [-0.4, -0.2) is 23.1 Å². The van der Waals surface area contributed by atoms with Crippen LogP contribution < -0.4 is 0 Å². The summed E-state index contributed by atoms with van der Waals surface area (Å²) in [6.45, 7) is 0. The molecule has 0 saturated carbocycles. The summed E-state index contributed by atoms with van der Waals surface area (Å²) in [6.07, 6.45) is 3.41. The summed E-state index contributed by atoms with van der Waals surface area (Å²) in [5.74, 6) is -0.933. The van der Waals surface area contributed by atoms with E-state index < -0.39 is 0 Å². The summed E-state index contributed by atoms with van der Waals surface area (Å²) in [7, 11) is 0. The lowest BCUT2D eigenvalue weighted by atomic mass is 10.1. The molecule has 6 aromatic rings. The summed E-state index contributed by atoms with van der Waals surface area (Å²) in [5.41, 5.74) is 4.39. The van der Waals surface area contributed by atoms with E-state index in [0.29, 0.717) is 22.3 Å². The molecule has 0 radical (unpaired) electrons. The van der Waals surface area contributed by atoms with E-state index in [9.17, 15) is 19.2 Å². The van der Waals surface area contributed by atoms with Gasteiger partial charge in [0.15, 0.2) is 23.1 Å². The van der Waals surface area contributed by atoms with Crippen LogP contribution in [0.5, 0.6) is 0 Å². The third-order valence-electron chi connectivity index (χ3n) is 7.92. The van der Waals surface area contributed by atoms with Crippen molar-refractivity contribution in [3.05, 3.63) is 152 Å². The summed E-state index contributed by atoms with van der Waals surface area (Å²) in [4.78, 5) is 57.7. The predicted molar refractivity (Wildman–Crippen MR) is 183 cm³/mol. The maximum atomic E-state index is 13.0. The molecule has 45 heavy (non-hydrogen) atoms. The Hall–Kier alpha value is -5.08. The van der Waals surface area contributed by atoms with Gasteiger partial charge in [-0.15, -0.1) is 34.0 Å². The summed E-state index contributed by atoms with van der Waals surface area (Å²) in [5, 5.41) is 0. The molecule has 0 atom stereocenters. The van der Waals surface area contributed by atoms with Crippen molar-refractivity contribution in [1.29, 1.82) is 0 Å². The van der Waals surface area contributed by atoms with Crippen LogP contribution in [-0.2, 0) is 0 Å². The number of carbonyl (C=O) groups is 4. The van der Waals surface area contributed by atoms with Gasteiger partial charge in [0, 0.05) is 52.2 Å². The van der Waals surface area contributed by atoms with Crippen molar-refractivity contribution in [2.75, 3.05) is 0 Å². The van der Waals surface area contributed by atoms with E-state index in [1.54, 1.807) is 83.4 Å². The first-order chi connectivity index (χ1) is 22.0. The summed E-state index contributed by atoms with van der Waals surface area (Å²) < 4.78 is 0. The Kier molecular flexibility index (Phi) is 6.60. The Labute approximate surface area is 270 Å². The number of Topliss-reactive ketones (excluding diaryl/α,β-unsaturated/α-hetero) is 4. The molecule has 0 unspecified atom stereocenters. The third kappa shape index (κ3) is 4.64. The van der Waals surface area contributed by atoms with E-state index in [4.69, 9.17) is 0 Å². The van der Waals surface area contributed by atoms with E-state index in [1.165, 1.54) is 11.3 Å². The highest BCUT2D eigenvalue weighted by atomic mass is 32.1. The molecule has 0 fully saturated rings. The van der Waals surface area contributed by atoms with Gasteiger partial charge < -0.3 is 0 Å². The minimum Gasteiger partial charge on any atom is -0.288 e. The number of allylic oxidation sites excluding steroid dienone is 2. The maximum absolute atomic E-state index is 13.0. The standard InChI is InChI=1S/C38H20O4S3/c39-34-24-10-4-5-11-25(24)35(40)29(34)18-22-14-16-31(43-22)33-20-28(21-8-2-1-3-9-21)38(45-33)32-17-15-23(44-32)19-30-36(41)26-12-6-7-13-27(26)37(30)42/h1-20H. The molecule has 4 nitrogen and oxygen atoms in total. The molecular formula is C38H20O4S3. The zero-order chi connectivity index (χ0) is 30.7. The molecule has 214 valence electrons. The van der Waals surface area contributed by atoms with Gasteiger partial charge in [0.1, 0.15) is 0 Å². The number of thiophene rings is 3. The third-order valence-corrected chi connectivity index (χ3v) is 11.5. The highest BCUT2D eigenvalue weighted by Gasteiger charge is 2.33. The molecule has 0 aliphatic heterocycles. The van der Waals surface area contributed by atoms with Gasteiger partial charge in [-0.25, -0.2) is 0 Å². The predicted octanol–water partition coefficient (Wildman–Crippen LogP) is 9.80. The highest BCUT2D eigenvalue weighted by Crippen LogP contribution is 2.47. The molecule has 3 aromatic carbocycles. The average molecular weight is 637 g/mol. The van der Waals surface area contributed by atoms with E-state index in [0.717, 1.165) is 40.4 Å². The van der Waals surface area contributed by atoms with Crippen LogP contribution >= 0.6 is 34.0 Å². The fourth-order valence-electron chi connectivity index (χ4n) is 5.73. The molecule has 7 heteroatoms. The fourth-order valence-corrected chi connectivity index (χ4v) is 9.02. The molecular weight excluding hydrogens is 617 g/mol. The SMILES string of the molecule is O=C1C(=Cc2ccc(-c3cc(-c4ccccc4)c(-c4ccc(C=C5C(=O)c6ccccc6C5=O)s4)s3)s2)C(=O)c2ccccc21. The summed E-state index contributed by atoms with van der Waals surface area (Å²) >= 11 is 4.75. The number of rotatable bonds is 5. The molecule has 2 aliphatic carbocycles. The van der Waals surface area contributed by atoms with Crippen molar-refractivity contribution in [3.63, 3.8) is 0 Å². The topological polar surface area (TPSA) is 68.3 Å². The zero-order valence-corrected chi connectivity index (χ0v) is 25.9. The molecule has 0 N–H and O–H groups in total. The van der Waals surface area contributed by atoms with Gasteiger partial charge in [0.2, 0.25) is 0 Å². The van der Waals surface area contributed by atoms with Gasteiger partial charge in [-0.1, -0.05) is 78.9 Å². The minimum absolute atomic E-state index is 0.197. The molecule has 3 heterocycles. The van der Waals surface area contributed by atoms with Crippen LogP contribution in [0.25, 0.3) is 42.8 Å². The summed E-state index contributed by atoms with van der Waals surface area (Å²) in [6, 6.07) is 34.2. The van der Waals surface area contributed by atoms with Crippen molar-refractivity contribution in [3.8, 4) is 30.6 Å². The van der Waals surface area contributed by atoms with Crippen LogP contribution in [0.15, 0.2) is 120 Å². The Morgan fingerprint density at radius 3 is 1.36 bits per heavy atom. The van der Waals surface area contributed by atoms with Gasteiger partial charge in [-0.05, 0) is 48.0 Å². The Morgan fingerprint density at radius 1 is 0.400 bits per heavy atom. The van der Waals surface area contributed by atoms with E-state index in [-0.39, 0.29) is 34.3 Å². The normalized spacial score (nSPS) is 13.9. The molecule has 0 spiro atoms. The van der Waals surface area contributed by atoms with Crippen LogP contribution in [0.3, 0.4) is 0 Å². The van der Waals surface area contributed by atoms with Gasteiger partial charge >= 0.3 is 0 Å². The number of carbonyl (C=O) groups excluding carboxylic acids is 4. The lowest BCUT2D eigenvalue weighted by Crippen LogP contribution is -1.99. The smallest absolute Gasteiger partial charge is 0.197 e. The monoisotopic (exact) mass is 636 g/mol. The molecule has 8 rings (SSSR count). The molecule has 2 aliphatic rings. The zero-order valence-electron chi connectivity index (χ0n) is 23.4. The van der Waals surface area contributed by atoms with Crippen molar-refractivity contribution in [2.45, 2.75) is 0 Å². The first kappa shape index (κ1) is 27.5. The van der Waals surface area contributed by atoms with Crippen LogP contribution in [0, 0.1) is 0 Å². The average Bonchev–Trinajstić information content (AvgIpc) is 3.90. The van der Waals surface area contributed by atoms with Gasteiger partial charge in [0.25, 0.3) is 0 Å². The van der Waals surface area contributed by atoms with Gasteiger partial charge in [0.05, 0.1) is 16.0 Å². The lowest BCUT2D eigenvalue weighted by Gasteiger charge is -2.01. The molecule has 0 saturated heterocycles. The second-order valence-electron chi connectivity index (χ2n) is 10.6. The number of fused-ring (bicyclic) bond motifs is 2. The van der Waals surface area contributed by atoms with Gasteiger partial charge in [-0.2, -0.15) is 0 Å². The number of ketones is 4. The van der Waals surface area contributed by atoms with Gasteiger partial charge in [-0.3, -0.25) is 19.2 Å². The van der Waals surface area contributed by atoms with Crippen LogP contribution in [0.2, 0.25) is 0 Å². The largest absolute Gasteiger partial charge is 0.288 e. The number of hydrogen-bond acceptors (Lipinski definition) is 7. The van der Waals surface area contributed by atoms with E-state index >= 15 is 0 Å². The minimum atomic E-state index is -0.234. The quantitative estimate of drug-likeness (QED) is 0.140. The second-order valence-corrected chi connectivity index (χ2v) is 13.9. The van der Waals surface area contributed by atoms with Crippen molar-refractivity contribution >= 4 is 69.3 Å². The maximum Gasteiger partial charge on any atom is 0.197 e. The lowest BCUT2D eigenvalue weighted by molar-refractivity contribution is 0.0975. The molecule has 0 amide bonds. The Morgan fingerprint density at radius 2 is 0.844 bits per heavy atom. The van der Waals surface area contributed by atoms with Crippen molar-refractivity contribution in [2.24, 2.45) is 0 Å². The second kappa shape index (κ2) is 10.8. The van der Waals surface area contributed by atoms with Crippen LogP contribution in [0.1, 0.15) is 51.2 Å². The molecule has 3 aromatic heterocycles. The number of benzene rings is 3. The van der Waals surface area contributed by atoms with Crippen molar-refractivity contribution in [1.82, 2.24) is 0 Å². The number of hydrogen-bond donors (Lipinski definition) is 0. The highest BCUT2D eigenvalue weighted by molar-refractivity contribution is 7.27. The van der Waals surface area contributed by atoms with Crippen molar-refractivity contribution < 1.29 is 19.2 Å². The van der Waals surface area contributed by atoms with Crippen LogP contribution in [0.4, 0.5) is 0 Å². The fraction of sp³-hybridized carbons (Fsp3) is 0. The molecule has 0 bridgehead atoms. The first-order valence-electron chi connectivity index (χ1n) is 14.2. The van der Waals surface area contributed by atoms with E-state index in [1.807, 2.05) is 42.5 Å². The Balaban J connectivity index is 1.15. The Bertz CT molecular complexity index is 2220. The first-order valence-corrected chi connectivity index (χ1v) is 16.6.